The Morgan fingerprint density at radius 1 is 1.46 bits per heavy atom. The number of carbonyl (C=O) groups excluding carboxylic acids is 1. The van der Waals surface area contributed by atoms with Crippen LogP contribution in [0.5, 0.6) is 0 Å². The molecule has 1 heterocycles. The highest BCUT2D eigenvalue weighted by molar-refractivity contribution is 5.78. The minimum absolute atomic E-state index is 0.132. The van der Waals surface area contributed by atoms with Crippen molar-refractivity contribution in [1.29, 1.82) is 0 Å². The van der Waals surface area contributed by atoms with Crippen LogP contribution in [0, 0.1) is 0 Å². The molecule has 3 nitrogen and oxygen atoms in total. The standard InChI is InChI=1S/C10H12N2O/c11-8-3-1-2-7(6-8)9-4-5-10(13)12-9/h1-3,6,9H,4-5,11H2,(H,12,13). The summed E-state index contributed by atoms with van der Waals surface area (Å²) in [7, 11) is 0. The SMILES string of the molecule is Nc1cccc(C2CCC(=O)N2)c1. The van der Waals surface area contributed by atoms with Crippen molar-refractivity contribution in [3.05, 3.63) is 29.8 Å². The van der Waals surface area contributed by atoms with E-state index in [1.165, 1.54) is 0 Å². The summed E-state index contributed by atoms with van der Waals surface area (Å²) >= 11 is 0. The molecule has 0 bridgehead atoms. The van der Waals surface area contributed by atoms with Gasteiger partial charge < -0.3 is 11.1 Å². The van der Waals surface area contributed by atoms with Crippen molar-refractivity contribution in [3.63, 3.8) is 0 Å². The highest BCUT2D eigenvalue weighted by Gasteiger charge is 2.21. The summed E-state index contributed by atoms with van der Waals surface area (Å²) in [4.78, 5) is 11.0. The lowest BCUT2D eigenvalue weighted by Gasteiger charge is -2.10. The molecule has 68 valence electrons. The van der Waals surface area contributed by atoms with E-state index in [0.29, 0.717) is 6.42 Å². The van der Waals surface area contributed by atoms with E-state index in [0.717, 1.165) is 17.7 Å². The molecule has 2 rings (SSSR count). The van der Waals surface area contributed by atoms with Gasteiger partial charge in [0.15, 0.2) is 0 Å². The van der Waals surface area contributed by atoms with Gasteiger partial charge in [0.2, 0.25) is 5.91 Å². The number of carbonyl (C=O) groups is 1. The van der Waals surface area contributed by atoms with Gasteiger partial charge in [0.05, 0.1) is 6.04 Å². The normalized spacial score (nSPS) is 21.5. The maximum atomic E-state index is 11.0. The lowest BCUT2D eigenvalue weighted by molar-refractivity contribution is -0.119. The Bertz CT molecular complexity index is 335. The fraction of sp³-hybridized carbons (Fsp3) is 0.300. The second-order valence-electron chi connectivity index (χ2n) is 3.33. The first kappa shape index (κ1) is 8.10. The van der Waals surface area contributed by atoms with Gasteiger partial charge in [0, 0.05) is 12.1 Å². The van der Waals surface area contributed by atoms with E-state index in [2.05, 4.69) is 5.32 Å². The molecule has 1 aliphatic heterocycles. The molecule has 0 saturated carbocycles. The van der Waals surface area contributed by atoms with E-state index in [1.54, 1.807) is 0 Å². The molecule has 13 heavy (non-hydrogen) atoms. The second-order valence-corrected chi connectivity index (χ2v) is 3.33. The topological polar surface area (TPSA) is 55.1 Å². The molecule has 0 spiro atoms. The molecule has 1 fully saturated rings. The molecule has 3 heteroatoms. The first-order chi connectivity index (χ1) is 6.25. The highest BCUT2D eigenvalue weighted by Crippen LogP contribution is 2.24. The van der Waals surface area contributed by atoms with Gasteiger partial charge in [-0.3, -0.25) is 4.79 Å². The van der Waals surface area contributed by atoms with Crippen molar-refractivity contribution in [3.8, 4) is 0 Å². The molecule has 1 saturated heterocycles. The van der Waals surface area contributed by atoms with Gasteiger partial charge in [0.1, 0.15) is 0 Å². The number of hydrogen-bond donors (Lipinski definition) is 2. The molecule has 1 aliphatic rings. The van der Waals surface area contributed by atoms with Crippen LogP contribution >= 0.6 is 0 Å². The number of rotatable bonds is 1. The van der Waals surface area contributed by atoms with Gasteiger partial charge in [-0.15, -0.1) is 0 Å². The summed E-state index contributed by atoms with van der Waals surface area (Å²) in [5.41, 5.74) is 7.50. The van der Waals surface area contributed by atoms with Crippen LogP contribution < -0.4 is 11.1 Å². The number of amides is 1. The third-order valence-corrected chi connectivity index (χ3v) is 2.31. The zero-order valence-corrected chi connectivity index (χ0v) is 7.29. The number of nitrogens with one attached hydrogen (secondary N) is 1. The summed E-state index contributed by atoms with van der Waals surface area (Å²) in [6, 6.07) is 7.83. The Balaban J connectivity index is 2.21. The lowest BCUT2D eigenvalue weighted by atomic mass is 10.1. The van der Waals surface area contributed by atoms with Crippen LogP contribution in [-0.4, -0.2) is 5.91 Å². The van der Waals surface area contributed by atoms with E-state index in [-0.39, 0.29) is 11.9 Å². The smallest absolute Gasteiger partial charge is 0.220 e. The van der Waals surface area contributed by atoms with Crippen molar-refractivity contribution >= 4 is 11.6 Å². The lowest BCUT2D eigenvalue weighted by Crippen LogP contribution is -2.18. The van der Waals surface area contributed by atoms with Gasteiger partial charge in [-0.05, 0) is 24.1 Å². The van der Waals surface area contributed by atoms with Crippen molar-refractivity contribution in [2.75, 3.05) is 5.73 Å². The molecule has 3 N–H and O–H groups in total. The Kier molecular flexibility index (Phi) is 1.93. The van der Waals surface area contributed by atoms with Crippen LogP contribution in [0.15, 0.2) is 24.3 Å². The zero-order valence-electron chi connectivity index (χ0n) is 7.29. The summed E-state index contributed by atoms with van der Waals surface area (Å²) < 4.78 is 0. The molecule has 1 aromatic rings. The van der Waals surface area contributed by atoms with E-state index in [1.807, 2.05) is 24.3 Å². The predicted molar refractivity (Wildman–Crippen MR) is 51.0 cm³/mol. The molecule has 0 aromatic heterocycles. The van der Waals surface area contributed by atoms with Crippen LogP contribution in [0.25, 0.3) is 0 Å². The monoisotopic (exact) mass is 176 g/mol. The van der Waals surface area contributed by atoms with Crippen LogP contribution in [0.1, 0.15) is 24.4 Å². The zero-order chi connectivity index (χ0) is 9.26. The maximum Gasteiger partial charge on any atom is 0.220 e. The minimum atomic E-state index is 0.132. The van der Waals surface area contributed by atoms with Gasteiger partial charge >= 0.3 is 0 Å². The molecule has 0 radical (unpaired) electrons. The van der Waals surface area contributed by atoms with Gasteiger partial charge in [-0.25, -0.2) is 0 Å². The van der Waals surface area contributed by atoms with E-state index in [4.69, 9.17) is 5.73 Å². The molecule has 1 aromatic carbocycles. The van der Waals surface area contributed by atoms with Gasteiger partial charge in [0.25, 0.3) is 0 Å². The van der Waals surface area contributed by atoms with Crippen LogP contribution in [0.4, 0.5) is 5.69 Å². The fourth-order valence-electron chi connectivity index (χ4n) is 1.64. The van der Waals surface area contributed by atoms with Crippen molar-refractivity contribution < 1.29 is 4.79 Å². The van der Waals surface area contributed by atoms with Gasteiger partial charge in [-0.2, -0.15) is 0 Å². The Morgan fingerprint density at radius 2 is 2.31 bits per heavy atom. The van der Waals surface area contributed by atoms with E-state index in [9.17, 15) is 4.79 Å². The van der Waals surface area contributed by atoms with Crippen LogP contribution in [0.3, 0.4) is 0 Å². The summed E-state index contributed by atoms with van der Waals surface area (Å²) in [6.45, 7) is 0. The highest BCUT2D eigenvalue weighted by atomic mass is 16.1. The van der Waals surface area contributed by atoms with E-state index < -0.39 is 0 Å². The third-order valence-electron chi connectivity index (χ3n) is 2.31. The first-order valence-corrected chi connectivity index (χ1v) is 4.40. The van der Waals surface area contributed by atoms with Crippen molar-refractivity contribution in [1.82, 2.24) is 5.32 Å². The maximum absolute atomic E-state index is 11.0. The molecule has 0 aliphatic carbocycles. The van der Waals surface area contributed by atoms with Crippen LogP contribution in [0.2, 0.25) is 0 Å². The summed E-state index contributed by atoms with van der Waals surface area (Å²) in [5.74, 6) is 0.132. The van der Waals surface area contributed by atoms with Gasteiger partial charge in [-0.1, -0.05) is 12.1 Å². The van der Waals surface area contributed by atoms with Crippen molar-refractivity contribution in [2.24, 2.45) is 0 Å². The summed E-state index contributed by atoms with van der Waals surface area (Å²) in [5, 5.41) is 2.90. The molecular formula is C10H12N2O. The quantitative estimate of drug-likeness (QED) is 0.632. The number of nitrogen functional groups attached to an aromatic ring is 1. The Labute approximate surface area is 76.9 Å². The van der Waals surface area contributed by atoms with E-state index >= 15 is 0 Å². The molecule has 1 atom stereocenters. The number of anilines is 1. The molecule has 1 amide bonds. The average molecular weight is 176 g/mol. The third kappa shape index (κ3) is 1.64. The van der Waals surface area contributed by atoms with Crippen molar-refractivity contribution in [2.45, 2.75) is 18.9 Å². The Morgan fingerprint density at radius 3 is 2.92 bits per heavy atom. The first-order valence-electron chi connectivity index (χ1n) is 4.40. The van der Waals surface area contributed by atoms with Crippen LogP contribution in [-0.2, 0) is 4.79 Å². The number of hydrogen-bond acceptors (Lipinski definition) is 2. The number of nitrogens with two attached hydrogens (primary N) is 1. The summed E-state index contributed by atoms with van der Waals surface area (Å²) in [6.07, 6.45) is 1.50. The molecular weight excluding hydrogens is 164 g/mol. The second kappa shape index (κ2) is 3.09. The Hall–Kier alpha value is -1.51. The average Bonchev–Trinajstić information content (AvgIpc) is 2.52. The molecule has 1 unspecified atom stereocenters. The predicted octanol–water partition coefficient (Wildman–Crippen LogP) is 1.22. The fourth-order valence-corrected chi connectivity index (χ4v) is 1.64. The number of benzene rings is 1. The minimum Gasteiger partial charge on any atom is -0.399 e. The largest absolute Gasteiger partial charge is 0.399 e.